The normalized spacial score (nSPS) is 12.0. The van der Waals surface area contributed by atoms with Crippen molar-refractivity contribution in [1.29, 1.82) is 0 Å². The van der Waals surface area contributed by atoms with E-state index in [4.69, 9.17) is 15.2 Å². The smallest absolute Gasteiger partial charge is 0.409 e. The van der Waals surface area contributed by atoms with Gasteiger partial charge in [0.2, 0.25) is 17.7 Å². The number of anilines is 1. The van der Waals surface area contributed by atoms with Gasteiger partial charge < -0.3 is 41.4 Å². The maximum atomic E-state index is 13.1. The highest BCUT2D eigenvalue weighted by atomic mass is 16.6. The van der Waals surface area contributed by atoms with Crippen LogP contribution in [0.15, 0.2) is 24.3 Å². The third kappa shape index (κ3) is 14.0. The molecule has 41 heavy (non-hydrogen) atoms. The van der Waals surface area contributed by atoms with Crippen LogP contribution in [0.3, 0.4) is 0 Å². The van der Waals surface area contributed by atoms with Gasteiger partial charge in [-0.05, 0) is 36.5 Å². The third-order valence-corrected chi connectivity index (χ3v) is 5.82. The summed E-state index contributed by atoms with van der Waals surface area (Å²) in [6.07, 6.45) is 0.174. The molecule has 0 aromatic heterocycles. The first kappa shape index (κ1) is 34.7. The highest BCUT2D eigenvalue weighted by Crippen LogP contribution is 2.13. The maximum Gasteiger partial charge on any atom is 0.409 e. The van der Waals surface area contributed by atoms with Crippen LogP contribution in [0.25, 0.3) is 0 Å². The minimum atomic E-state index is -0.958. The number of ether oxygens (including phenoxy) is 2. The van der Waals surface area contributed by atoms with Gasteiger partial charge in [-0.15, -0.1) is 0 Å². The molecule has 0 radical (unpaired) electrons. The number of nitrogens with zero attached hydrogens (tertiary/aromatic N) is 1. The molecule has 0 fully saturated rings. The van der Waals surface area contributed by atoms with Crippen molar-refractivity contribution in [2.24, 2.45) is 11.7 Å². The van der Waals surface area contributed by atoms with Crippen LogP contribution in [0.2, 0.25) is 0 Å². The summed E-state index contributed by atoms with van der Waals surface area (Å²) >= 11 is 0. The monoisotopic (exact) mass is 578 g/mol. The molecule has 14 nitrogen and oxygen atoms in total. The van der Waals surface area contributed by atoms with E-state index >= 15 is 0 Å². The average Bonchev–Trinajstić information content (AvgIpc) is 2.91. The zero-order chi connectivity index (χ0) is 30.9. The lowest BCUT2D eigenvalue weighted by molar-refractivity contribution is -0.141. The van der Waals surface area contributed by atoms with Gasteiger partial charge >= 0.3 is 18.1 Å². The molecule has 6 amide bonds. The first-order valence-electron chi connectivity index (χ1n) is 13.4. The molecule has 0 unspecified atom stereocenters. The molecule has 0 spiro atoms. The van der Waals surface area contributed by atoms with Crippen molar-refractivity contribution in [1.82, 2.24) is 20.9 Å². The van der Waals surface area contributed by atoms with Crippen LogP contribution < -0.4 is 27.0 Å². The second-order valence-electron chi connectivity index (χ2n) is 9.64. The van der Waals surface area contributed by atoms with Crippen LogP contribution in [0, 0.1) is 5.92 Å². The lowest BCUT2D eigenvalue weighted by atomic mass is 10.0. The molecule has 2 atom stereocenters. The van der Waals surface area contributed by atoms with Gasteiger partial charge in [0.1, 0.15) is 25.3 Å². The number of urea groups is 1. The number of nitrogens with two attached hydrogens (primary N) is 1. The predicted molar refractivity (Wildman–Crippen MR) is 150 cm³/mol. The first-order chi connectivity index (χ1) is 19.3. The predicted octanol–water partition coefficient (Wildman–Crippen LogP) is 1.24. The van der Waals surface area contributed by atoms with Crippen LogP contribution in [0.5, 0.6) is 0 Å². The molecule has 6 N–H and O–H groups in total. The van der Waals surface area contributed by atoms with E-state index in [9.17, 15) is 28.8 Å². The largest absolute Gasteiger partial charge is 0.464 e. The van der Waals surface area contributed by atoms with Crippen LogP contribution in [-0.2, 0) is 35.3 Å². The molecule has 228 valence electrons. The Labute approximate surface area is 240 Å². The van der Waals surface area contributed by atoms with Crippen molar-refractivity contribution in [2.75, 3.05) is 32.1 Å². The standard InChI is InChI=1S/C27H42N6O8/c1-6-22(35)32-23(17(2)3)25(37)31-21(8-7-13-29-26(28)38)24(36)30-20-11-9-19(10-12-20)16-41-27(39)33(5)14-15-40-18(4)34/h9-12,17,21,23H,6-8,13-16H2,1-5H3,(H,30,36)(H,31,37)(H,32,35)(H3,28,29,38)/t21-,23-/m0/s1. The number of likely N-dealkylation sites (N-methyl/N-ethyl adjacent to an activating group) is 1. The zero-order valence-corrected chi connectivity index (χ0v) is 24.3. The van der Waals surface area contributed by atoms with E-state index in [1.54, 1.807) is 45.0 Å². The SMILES string of the molecule is CCC(=O)N[C@H](C(=O)N[C@@H](CCCNC(N)=O)C(=O)Nc1ccc(COC(=O)N(C)CCOC(C)=O)cc1)C(C)C. The number of carbonyl (C=O) groups is 6. The molecule has 14 heteroatoms. The number of carbonyl (C=O) groups excluding carboxylic acids is 6. The van der Waals surface area contributed by atoms with Gasteiger partial charge in [-0.3, -0.25) is 19.2 Å². The Balaban J connectivity index is 2.80. The molecular weight excluding hydrogens is 536 g/mol. The van der Waals surface area contributed by atoms with Crippen LogP contribution in [-0.4, -0.2) is 79.5 Å². The minimum Gasteiger partial charge on any atom is -0.464 e. The van der Waals surface area contributed by atoms with E-state index in [-0.39, 0.29) is 51.0 Å². The molecule has 0 heterocycles. The lowest BCUT2D eigenvalue weighted by Gasteiger charge is -2.25. The summed E-state index contributed by atoms with van der Waals surface area (Å²) in [5, 5.41) is 10.6. The number of primary amides is 1. The second kappa shape index (κ2) is 18.1. The van der Waals surface area contributed by atoms with Crippen LogP contribution in [0.1, 0.15) is 52.5 Å². The Hall–Kier alpha value is -4.36. The van der Waals surface area contributed by atoms with Crippen LogP contribution in [0.4, 0.5) is 15.3 Å². The zero-order valence-electron chi connectivity index (χ0n) is 24.3. The molecule has 1 aromatic rings. The Morgan fingerprint density at radius 2 is 1.63 bits per heavy atom. The van der Waals surface area contributed by atoms with Gasteiger partial charge in [-0.1, -0.05) is 32.9 Å². The first-order valence-corrected chi connectivity index (χ1v) is 13.4. The van der Waals surface area contributed by atoms with Gasteiger partial charge in [0.05, 0.1) is 6.54 Å². The van der Waals surface area contributed by atoms with Crippen molar-refractivity contribution in [3.8, 4) is 0 Å². The molecular formula is C27H42N6O8. The topological polar surface area (TPSA) is 198 Å². The quantitative estimate of drug-likeness (QED) is 0.142. The van der Waals surface area contributed by atoms with E-state index < -0.39 is 42.0 Å². The second-order valence-corrected chi connectivity index (χ2v) is 9.64. The number of hydrogen-bond donors (Lipinski definition) is 5. The Morgan fingerprint density at radius 3 is 2.20 bits per heavy atom. The number of amides is 6. The molecule has 0 aliphatic rings. The highest BCUT2D eigenvalue weighted by Gasteiger charge is 2.28. The number of benzene rings is 1. The van der Waals surface area contributed by atoms with Gasteiger partial charge in [-0.25, -0.2) is 9.59 Å². The maximum absolute atomic E-state index is 13.1. The molecule has 0 bridgehead atoms. The van der Waals surface area contributed by atoms with Crippen molar-refractivity contribution in [3.63, 3.8) is 0 Å². The van der Waals surface area contributed by atoms with E-state index in [2.05, 4.69) is 21.3 Å². The fraction of sp³-hybridized carbons (Fsp3) is 0.556. The number of hydrogen-bond acceptors (Lipinski definition) is 8. The fourth-order valence-corrected chi connectivity index (χ4v) is 3.45. The van der Waals surface area contributed by atoms with Gasteiger partial charge in [-0.2, -0.15) is 0 Å². The Kier molecular flexibility index (Phi) is 15.3. The number of nitrogens with one attached hydrogen (secondary N) is 4. The summed E-state index contributed by atoms with van der Waals surface area (Å²) < 4.78 is 10.0. The van der Waals surface area contributed by atoms with Crippen LogP contribution >= 0.6 is 0 Å². The van der Waals surface area contributed by atoms with Gasteiger partial charge in [0, 0.05) is 32.6 Å². The summed E-state index contributed by atoms with van der Waals surface area (Å²) in [7, 11) is 1.52. The highest BCUT2D eigenvalue weighted by molar-refractivity contribution is 5.98. The van der Waals surface area contributed by atoms with E-state index in [0.717, 1.165) is 0 Å². The molecule has 0 aliphatic heterocycles. The fourth-order valence-electron chi connectivity index (χ4n) is 3.45. The Bertz CT molecular complexity index is 1050. The molecule has 1 rings (SSSR count). The number of esters is 1. The lowest BCUT2D eigenvalue weighted by Crippen LogP contribution is -2.54. The summed E-state index contributed by atoms with van der Waals surface area (Å²) in [5.74, 6) is -1.94. The van der Waals surface area contributed by atoms with Crippen molar-refractivity contribution in [2.45, 2.75) is 65.6 Å². The minimum absolute atomic E-state index is 0.0173. The van der Waals surface area contributed by atoms with E-state index in [1.165, 1.54) is 18.9 Å². The van der Waals surface area contributed by atoms with Gasteiger partial charge in [0.25, 0.3) is 0 Å². The summed E-state index contributed by atoms with van der Waals surface area (Å²) in [6.45, 7) is 6.96. The molecule has 0 saturated heterocycles. The molecule has 1 aromatic carbocycles. The molecule has 0 saturated carbocycles. The van der Waals surface area contributed by atoms with Gasteiger partial charge in [0.15, 0.2) is 0 Å². The third-order valence-electron chi connectivity index (χ3n) is 5.82. The van der Waals surface area contributed by atoms with E-state index in [0.29, 0.717) is 17.7 Å². The average molecular weight is 579 g/mol. The van der Waals surface area contributed by atoms with Crippen molar-refractivity contribution >= 4 is 41.5 Å². The number of rotatable bonds is 16. The van der Waals surface area contributed by atoms with Crippen molar-refractivity contribution < 1.29 is 38.2 Å². The van der Waals surface area contributed by atoms with E-state index in [1.807, 2.05) is 0 Å². The summed E-state index contributed by atoms with van der Waals surface area (Å²) in [6, 6.07) is 4.10. The molecule has 0 aliphatic carbocycles. The Morgan fingerprint density at radius 1 is 0.976 bits per heavy atom. The summed E-state index contributed by atoms with van der Waals surface area (Å²) in [5.41, 5.74) is 6.20. The summed E-state index contributed by atoms with van der Waals surface area (Å²) in [4.78, 5) is 73.2. The van der Waals surface area contributed by atoms with Crippen molar-refractivity contribution in [3.05, 3.63) is 29.8 Å².